The molecule has 100 valence electrons. The monoisotopic (exact) mass is 310 g/mol. The summed E-state index contributed by atoms with van der Waals surface area (Å²) in [6, 6.07) is 7.61. The van der Waals surface area contributed by atoms with E-state index in [-0.39, 0.29) is 0 Å². The summed E-state index contributed by atoms with van der Waals surface area (Å²) in [4.78, 5) is 2.45. The van der Waals surface area contributed by atoms with Crippen molar-refractivity contribution < 1.29 is 0 Å². The molecule has 0 aromatic heterocycles. The van der Waals surface area contributed by atoms with Crippen LogP contribution in [0.4, 0.5) is 5.69 Å². The first-order valence-corrected chi connectivity index (χ1v) is 7.50. The molecule has 0 radical (unpaired) electrons. The summed E-state index contributed by atoms with van der Waals surface area (Å²) in [6.07, 6.45) is 1.21. The quantitative estimate of drug-likeness (QED) is 0.891. The number of hydrogen-bond donors (Lipinski definition) is 1. The van der Waals surface area contributed by atoms with E-state index in [1.807, 2.05) is 0 Å². The highest BCUT2D eigenvalue weighted by Crippen LogP contribution is 2.28. The highest BCUT2D eigenvalue weighted by molar-refractivity contribution is 9.10. The van der Waals surface area contributed by atoms with Gasteiger partial charge in [0.05, 0.1) is 0 Å². The van der Waals surface area contributed by atoms with Crippen LogP contribution in [0.2, 0.25) is 0 Å². The fraction of sp³-hybridized carbons (Fsp3) is 0.600. The minimum Gasteiger partial charge on any atom is -0.382 e. The van der Waals surface area contributed by atoms with Crippen LogP contribution in [0, 0.1) is 12.8 Å². The third-order valence-corrected chi connectivity index (χ3v) is 5.08. The molecule has 1 fully saturated rings. The van der Waals surface area contributed by atoms with Crippen LogP contribution in [-0.2, 0) is 0 Å². The Hall–Kier alpha value is -0.540. The molecule has 1 saturated heterocycles. The highest BCUT2D eigenvalue weighted by Gasteiger charge is 2.28. The zero-order valence-corrected chi connectivity index (χ0v) is 13.3. The van der Waals surface area contributed by atoms with Gasteiger partial charge in [-0.25, -0.2) is 0 Å². The van der Waals surface area contributed by atoms with E-state index in [2.05, 4.69) is 72.2 Å². The van der Waals surface area contributed by atoms with Crippen molar-refractivity contribution in [1.82, 2.24) is 4.90 Å². The van der Waals surface area contributed by atoms with Crippen LogP contribution in [0.1, 0.15) is 25.8 Å². The number of rotatable bonds is 2. The maximum absolute atomic E-state index is 3.73. The molecule has 1 aliphatic rings. The Kier molecular flexibility index (Phi) is 4.33. The summed E-state index contributed by atoms with van der Waals surface area (Å²) in [5.41, 5.74) is 2.56. The van der Waals surface area contributed by atoms with Gasteiger partial charge in [-0.2, -0.15) is 0 Å². The molecule has 0 aliphatic carbocycles. The Morgan fingerprint density at radius 2 is 2.06 bits per heavy atom. The van der Waals surface area contributed by atoms with Crippen LogP contribution < -0.4 is 5.32 Å². The van der Waals surface area contributed by atoms with Crippen molar-refractivity contribution in [1.29, 1.82) is 0 Å². The molecule has 1 N–H and O–H groups in total. The first-order valence-electron chi connectivity index (χ1n) is 6.71. The molecule has 0 amide bonds. The van der Waals surface area contributed by atoms with E-state index < -0.39 is 0 Å². The molecule has 1 aromatic carbocycles. The second-order valence-electron chi connectivity index (χ2n) is 5.66. The van der Waals surface area contributed by atoms with Crippen molar-refractivity contribution in [3.05, 3.63) is 28.2 Å². The van der Waals surface area contributed by atoms with Crippen LogP contribution >= 0.6 is 15.9 Å². The van der Waals surface area contributed by atoms with Crippen LogP contribution in [0.3, 0.4) is 0 Å². The number of piperidine rings is 1. The maximum Gasteiger partial charge on any atom is 0.0383 e. The number of halogens is 1. The molecule has 0 saturated carbocycles. The largest absolute Gasteiger partial charge is 0.382 e. The average Bonchev–Trinajstić information content (AvgIpc) is 2.32. The lowest BCUT2D eigenvalue weighted by molar-refractivity contribution is 0.145. The normalized spacial score (nSPS) is 29.3. The lowest BCUT2D eigenvalue weighted by atomic mass is 9.89. The van der Waals surface area contributed by atoms with Gasteiger partial charge in [-0.3, -0.25) is 0 Å². The molecule has 0 spiro atoms. The predicted molar refractivity (Wildman–Crippen MR) is 82.2 cm³/mol. The first kappa shape index (κ1) is 13.9. The van der Waals surface area contributed by atoms with E-state index in [0.717, 1.165) is 0 Å². The van der Waals surface area contributed by atoms with Gasteiger partial charge in [-0.1, -0.05) is 28.9 Å². The van der Waals surface area contributed by atoms with Crippen molar-refractivity contribution >= 4 is 21.6 Å². The molecule has 1 aromatic rings. The Morgan fingerprint density at radius 1 is 1.33 bits per heavy atom. The summed E-state index contributed by atoms with van der Waals surface area (Å²) in [7, 11) is 2.22. The van der Waals surface area contributed by atoms with Crippen LogP contribution in [-0.4, -0.2) is 30.6 Å². The van der Waals surface area contributed by atoms with E-state index in [4.69, 9.17) is 0 Å². The van der Waals surface area contributed by atoms with E-state index >= 15 is 0 Å². The predicted octanol–water partition coefficient (Wildman–Crippen LogP) is 3.90. The molecule has 3 unspecified atom stereocenters. The second-order valence-corrected chi connectivity index (χ2v) is 6.52. The summed E-state index contributed by atoms with van der Waals surface area (Å²) in [6.45, 7) is 7.99. The van der Waals surface area contributed by atoms with E-state index in [0.29, 0.717) is 18.0 Å². The summed E-state index contributed by atoms with van der Waals surface area (Å²) in [5.74, 6) is 0.685. The van der Waals surface area contributed by atoms with E-state index in [9.17, 15) is 0 Å². The van der Waals surface area contributed by atoms with Gasteiger partial charge >= 0.3 is 0 Å². The van der Waals surface area contributed by atoms with Crippen molar-refractivity contribution in [3.63, 3.8) is 0 Å². The molecule has 1 heterocycles. The van der Waals surface area contributed by atoms with Crippen LogP contribution in [0.25, 0.3) is 0 Å². The first-order chi connectivity index (χ1) is 8.49. The number of hydrogen-bond acceptors (Lipinski definition) is 2. The van der Waals surface area contributed by atoms with Crippen molar-refractivity contribution in [3.8, 4) is 0 Å². The number of nitrogens with one attached hydrogen (secondary N) is 1. The smallest absolute Gasteiger partial charge is 0.0383 e. The Morgan fingerprint density at radius 3 is 2.78 bits per heavy atom. The van der Waals surface area contributed by atoms with Crippen LogP contribution in [0.5, 0.6) is 0 Å². The minimum atomic E-state index is 0.573. The zero-order chi connectivity index (χ0) is 13.3. The maximum atomic E-state index is 3.73. The standard InChI is InChI=1S/C15H23BrN2/c1-10-9-18(4)11(2)8-15(10)17-14-7-5-6-13(16)12(14)3/h5-7,10-11,15,17H,8-9H2,1-4H3. The molecule has 3 heteroatoms. The van der Waals surface area contributed by atoms with Gasteiger partial charge < -0.3 is 10.2 Å². The highest BCUT2D eigenvalue weighted by atomic mass is 79.9. The molecule has 2 nitrogen and oxygen atoms in total. The van der Waals surface area contributed by atoms with Crippen LogP contribution in [0.15, 0.2) is 22.7 Å². The molecule has 3 atom stereocenters. The Labute approximate surface area is 119 Å². The summed E-state index contributed by atoms with van der Waals surface area (Å²) >= 11 is 3.60. The van der Waals surface area contributed by atoms with E-state index in [1.54, 1.807) is 0 Å². The van der Waals surface area contributed by atoms with E-state index in [1.165, 1.54) is 28.7 Å². The third-order valence-electron chi connectivity index (χ3n) is 4.22. The Bertz CT molecular complexity index is 419. The fourth-order valence-electron chi connectivity index (χ4n) is 2.71. The van der Waals surface area contributed by atoms with Gasteiger partial charge in [0.1, 0.15) is 0 Å². The minimum absolute atomic E-state index is 0.573. The lowest BCUT2D eigenvalue weighted by Gasteiger charge is -2.40. The van der Waals surface area contributed by atoms with Crippen molar-refractivity contribution in [2.24, 2.45) is 5.92 Å². The Balaban J connectivity index is 2.11. The van der Waals surface area contributed by atoms with Gasteiger partial charge in [-0.05, 0) is 50.9 Å². The van der Waals surface area contributed by atoms with Gasteiger partial charge in [0.15, 0.2) is 0 Å². The summed E-state index contributed by atoms with van der Waals surface area (Å²) < 4.78 is 1.18. The molecule has 18 heavy (non-hydrogen) atoms. The lowest BCUT2D eigenvalue weighted by Crippen LogP contribution is -2.48. The van der Waals surface area contributed by atoms with Gasteiger partial charge in [-0.15, -0.1) is 0 Å². The zero-order valence-electron chi connectivity index (χ0n) is 11.7. The fourth-order valence-corrected chi connectivity index (χ4v) is 3.07. The molecule has 2 rings (SSSR count). The van der Waals surface area contributed by atoms with Crippen molar-refractivity contribution in [2.45, 2.75) is 39.3 Å². The SMILES string of the molecule is Cc1c(Br)cccc1NC1CC(C)N(C)CC1C. The number of nitrogens with zero attached hydrogens (tertiary/aromatic N) is 1. The number of anilines is 1. The second kappa shape index (κ2) is 5.62. The third kappa shape index (κ3) is 2.89. The number of likely N-dealkylation sites (tertiary alicyclic amines) is 1. The van der Waals surface area contributed by atoms with Gasteiger partial charge in [0, 0.05) is 28.8 Å². The van der Waals surface area contributed by atoms with Gasteiger partial charge in [0.2, 0.25) is 0 Å². The molecular formula is C15H23BrN2. The topological polar surface area (TPSA) is 15.3 Å². The molecule has 0 bridgehead atoms. The van der Waals surface area contributed by atoms with Crippen molar-refractivity contribution in [2.75, 3.05) is 18.9 Å². The summed E-state index contributed by atoms with van der Waals surface area (Å²) in [5, 5.41) is 3.73. The molecular weight excluding hydrogens is 288 g/mol. The molecule has 1 aliphatic heterocycles. The average molecular weight is 311 g/mol. The number of benzene rings is 1. The van der Waals surface area contributed by atoms with Gasteiger partial charge in [0.25, 0.3) is 0 Å².